The number of carbonyl (C=O) groups is 2. The van der Waals surface area contributed by atoms with Gasteiger partial charge in [-0.3, -0.25) is 9.59 Å². The quantitative estimate of drug-likeness (QED) is 0.864. The maximum Gasteiger partial charge on any atom is 0.254 e. The zero-order chi connectivity index (χ0) is 17.9. The van der Waals surface area contributed by atoms with Gasteiger partial charge in [0.05, 0.1) is 11.4 Å². The molecule has 2 amide bonds. The molecule has 26 heavy (non-hydrogen) atoms. The first kappa shape index (κ1) is 17.2. The Morgan fingerprint density at radius 1 is 1.15 bits per heavy atom. The minimum absolute atomic E-state index is 0.0114. The molecule has 5 heteroatoms. The molecule has 4 nitrogen and oxygen atoms in total. The first-order chi connectivity index (χ1) is 12.7. The average molecular weight is 366 g/mol. The Balaban J connectivity index is 1.57. The van der Waals surface area contributed by atoms with Crippen LogP contribution in [0.1, 0.15) is 35.2 Å². The Kier molecular flexibility index (Phi) is 4.98. The highest BCUT2D eigenvalue weighted by atomic mass is 32.2. The SMILES string of the molecule is O=C1CSc2ccc(C(=O)N(Cc3ccccc3)CC3CCC3)cc2N1. The van der Waals surface area contributed by atoms with Gasteiger partial charge in [0.1, 0.15) is 0 Å². The Bertz CT molecular complexity index is 818. The van der Waals surface area contributed by atoms with Crippen LogP contribution in [-0.2, 0) is 11.3 Å². The number of nitrogens with one attached hydrogen (secondary N) is 1. The Labute approximate surface area is 158 Å². The van der Waals surface area contributed by atoms with E-state index in [0.717, 1.165) is 22.7 Å². The van der Waals surface area contributed by atoms with Crippen LogP contribution in [0.4, 0.5) is 5.69 Å². The molecule has 0 bridgehead atoms. The molecule has 1 saturated carbocycles. The standard InChI is InChI=1S/C21H22N2O2S/c24-20-14-26-19-10-9-17(11-18(19)22-20)21(25)23(13-16-7-4-8-16)12-15-5-2-1-3-6-15/h1-3,5-6,9-11,16H,4,7-8,12-14H2,(H,22,24). The van der Waals surface area contributed by atoms with E-state index in [1.54, 1.807) is 0 Å². The lowest BCUT2D eigenvalue weighted by atomic mass is 9.85. The van der Waals surface area contributed by atoms with Crippen molar-refractivity contribution in [3.05, 3.63) is 59.7 Å². The van der Waals surface area contributed by atoms with Crippen molar-refractivity contribution in [1.29, 1.82) is 0 Å². The molecule has 1 aliphatic carbocycles. The van der Waals surface area contributed by atoms with Crippen LogP contribution in [0.2, 0.25) is 0 Å². The number of carbonyl (C=O) groups excluding carboxylic acids is 2. The van der Waals surface area contributed by atoms with Crippen molar-refractivity contribution in [3.63, 3.8) is 0 Å². The van der Waals surface area contributed by atoms with E-state index in [1.165, 1.54) is 31.0 Å². The number of benzene rings is 2. The first-order valence-electron chi connectivity index (χ1n) is 9.09. The summed E-state index contributed by atoms with van der Waals surface area (Å²) in [5.74, 6) is 1.06. The molecule has 2 aliphatic rings. The fraction of sp³-hybridized carbons (Fsp3) is 0.333. The van der Waals surface area contributed by atoms with E-state index >= 15 is 0 Å². The summed E-state index contributed by atoms with van der Waals surface area (Å²) in [7, 11) is 0. The fourth-order valence-electron chi connectivity index (χ4n) is 3.41. The third-order valence-electron chi connectivity index (χ3n) is 5.07. The summed E-state index contributed by atoms with van der Waals surface area (Å²) in [5, 5.41) is 2.88. The van der Waals surface area contributed by atoms with Gasteiger partial charge >= 0.3 is 0 Å². The van der Waals surface area contributed by atoms with Gasteiger partial charge in [-0.15, -0.1) is 11.8 Å². The van der Waals surface area contributed by atoms with E-state index in [2.05, 4.69) is 17.4 Å². The van der Waals surface area contributed by atoms with Crippen molar-refractivity contribution in [2.24, 2.45) is 5.92 Å². The first-order valence-corrected chi connectivity index (χ1v) is 10.1. The molecule has 0 saturated heterocycles. The summed E-state index contributed by atoms with van der Waals surface area (Å²) in [5.41, 5.74) is 2.53. The zero-order valence-electron chi connectivity index (χ0n) is 14.6. The largest absolute Gasteiger partial charge is 0.334 e. The Hall–Kier alpha value is -2.27. The predicted octanol–water partition coefficient (Wildman–Crippen LogP) is 4.17. The van der Waals surface area contributed by atoms with Gasteiger partial charge in [0.15, 0.2) is 0 Å². The summed E-state index contributed by atoms with van der Waals surface area (Å²) >= 11 is 1.51. The smallest absolute Gasteiger partial charge is 0.254 e. The van der Waals surface area contributed by atoms with Crippen molar-refractivity contribution in [2.45, 2.75) is 30.7 Å². The third kappa shape index (κ3) is 3.78. The van der Waals surface area contributed by atoms with Crippen LogP contribution >= 0.6 is 11.8 Å². The number of thioether (sulfide) groups is 1. The number of anilines is 1. The van der Waals surface area contributed by atoms with Gasteiger partial charge in [-0.05, 0) is 42.5 Å². The van der Waals surface area contributed by atoms with E-state index in [0.29, 0.717) is 23.8 Å². The van der Waals surface area contributed by atoms with Crippen molar-refractivity contribution in [3.8, 4) is 0 Å². The number of hydrogen-bond donors (Lipinski definition) is 1. The zero-order valence-corrected chi connectivity index (χ0v) is 15.4. The molecule has 1 N–H and O–H groups in total. The maximum atomic E-state index is 13.2. The molecule has 4 rings (SSSR count). The van der Waals surface area contributed by atoms with Crippen LogP contribution in [0.5, 0.6) is 0 Å². The lowest BCUT2D eigenvalue weighted by Crippen LogP contribution is -2.37. The molecule has 2 aromatic rings. The van der Waals surface area contributed by atoms with Crippen LogP contribution in [0, 0.1) is 5.92 Å². The maximum absolute atomic E-state index is 13.2. The summed E-state index contributed by atoms with van der Waals surface area (Å²) in [6.07, 6.45) is 3.67. The Morgan fingerprint density at radius 2 is 1.96 bits per heavy atom. The molecular weight excluding hydrogens is 344 g/mol. The normalized spacial score (nSPS) is 16.4. The predicted molar refractivity (Wildman–Crippen MR) is 104 cm³/mol. The number of fused-ring (bicyclic) bond motifs is 1. The van der Waals surface area contributed by atoms with Crippen LogP contribution in [-0.4, -0.2) is 29.0 Å². The number of hydrogen-bond acceptors (Lipinski definition) is 3. The van der Waals surface area contributed by atoms with Crippen LogP contribution in [0.25, 0.3) is 0 Å². The fourth-order valence-corrected chi connectivity index (χ4v) is 4.20. The van der Waals surface area contributed by atoms with E-state index in [4.69, 9.17) is 0 Å². The van der Waals surface area contributed by atoms with E-state index in [-0.39, 0.29) is 11.8 Å². The molecule has 0 aromatic heterocycles. The molecule has 1 aliphatic heterocycles. The minimum Gasteiger partial charge on any atom is -0.334 e. The van der Waals surface area contributed by atoms with Gasteiger partial charge < -0.3 is 10.2 Å². The van der Waals surface area contributed by atoms with E-state index in [1.807, 2.05) is 41.3 Å². The van der Waals surface area contributed by atoms with Crippen LogP contribution in [0.3, 0.4) is 0 Å². The number of nitrogens with zero attached hydrogens (tertiary/aromatic N) is 1. The van der Waals surface area contributed by atoms with Crippen LogP contribution < -0.4 is 5.32 Å². The van der Waals surface area contributed by atoms with Gasteiger partial charge in [-0.2, -0.15) is 0 Å². The molecule has 1 fully saturated rings. The average Bonchev–Trinajstić information content (AvgIpc) is 2.63. The highest BCUT2D eigenvalue weighted by Crippen LogP contribution is 2.33. The molecule has 2 aromatic carbocycles. The molecule has 0 spiro atoms. The van der Waals surface area contributed by atoms with E-state index < -0.39 is 0 Å². The highest BCUT2D eigenvalue weighted by molar-refractivity contribution is 8.00. The van der Waals surface area contributed by atoms with Gasteiger partial charge in [0, 0.05) is 23.5 Å². The van der Waals surface area contributed by atoms with Crippen molar-refractivity contribution in [1.82, 2.24) is 4.90 Å². The molecule has 0 unspecified atom stereocenters. The Morgan fingerprint density at radius 3 is 2.69 bits per heavy atom. The van der Waals surface area contributed by atoms with Crippen molar-refractivity contribution >= 4 is 29.3 Å². The van der Waals surface area contributed by atoms with Gasteiger partial charge in [0.2, 0.25) is 5.91 Å². The van der Waals surface area contributed by atoms with E-state index in [9.17, 15) is 9.59 Å². The molecular formula is C21H22N2O2S. The summed E-state index contributed by atoms with van der Waals surface area (Å²) in [6.45, 7) is 1.42. The second-order valence-electron chi connectivity index (χ2n) is 7.02. The summed E-state index contributed by atoms with van der Waals surface area (Å²) in [6, 6.07) is 15.8. The molecule has 0 atom stereocenters. The number of amides is 2. The molecule has 134 valence electrons. The molecule has 0 radical (unpaired) electrons. The lowest BCUT2D eigenvalue weighted by molar-refractivity contribution is -0.113. The summed E-state index contributed by atoms with van der Waals surface area (Å²) < 4.78 is 0. The summed E-state index contributed by atoms with van der Waals surface area (Å²) in [4.78, 5) is 27.8. The minimum atomic E-state index is -0.0114. The van der Waals surface area contributed by atoms with Gasteiger partial charge in [-0.1, -0.05) is 36.8 Å². The third-order valence-corrected chi connectivity index (χ3v) is 6.14. The van der Waals surface area contributed by atoms with Crippen molar-refractivity contribution in [2.75, 3.05) is 17.6 Å². The van der Waals surface area contributed by atoms with Crippen LogP contribution in [0.15, 0.2) is 53.4 Å². The van der Waals surface area contributed by atoms with Crippen molar-refractivity contribution < 1.29 is 9.59 Å². The van der Waals surface area contributed by atoms with Gasteiger partial charge in [-0.25, -0.2) is 0 Å². The monoisotopic (exact) mass is 366 g/mol. The topological polar surface area (TPSA) is 49.4 Å². The molecule has 1 heterocycles. The lowest BCUT2D eigenvalue weighted by Gasteiger charge is -2.33. The van der Waals surface area contributed by atoms with Gasteiger partial charge in [0.25, 0.3) is 5.91 Å². The second-order valence-corrected chi connectivity index (χ2v) is 8.03. The second kappa shape index (κ2) is 7.54. The number of rotatable bonds is 5. The highest BCUT2D eigenvalue weighted by Gasteiger charge is 2.25.